The first-order valence-corrected chi connectivity index (χ1v) is 12.6. The predicted molar refractivity (Wildman–Crippen MR) is 138 cm³/mol. The minimum atomic E-state index is -0.560. The second-order valence-corrected chi connectivity index (χ2v) is 9.73. The van der Waals surface area contributed by atoms with Crippen LogP contribution in [-0.2, 0) is 9.59 Å². The van der Waals surface area contributed by atoms with E-state index in [1.165, 1.54) is 42.4 Å². The molecule has 3 aromatic rings. The van der Waals surface area contributed by atoms with Crippen LogP contribution in [0.5, 0.6) is 0 Å². The molecule has 0 aromatic heterocycles. The molecule has 3 aromatic carbocycles. The van der Waals surface area contributed by atoms with Crippen LogP contribution in [0.2, 0.25) is 0 Å². The Labute approximate surface area is 208 Å². The van der Waals surface area contributed by atoms with Crippen molar-refractivity contribution in [3.05, 3.63) is 94.5 Å². The number of carbonyl (C=O) groups is 2. The zero-order valence-electron chi connectivity index (χ0n) is 19.2. The normalized spacial score (nSPS) is 14.6. The molecule has 0 saturated heterocycles. The van der Waals surface area contributed by atoms with Gasteiger partial charge in [-0.1, -0.05) is 55.7 Å². The number of hydrogen-bond acceptors (Lipinski definition) is 5. The first-order valence-electron chi connectivity index (χ1n) is 11.7. The molecule has 4 rings (SSSR count). The lowest BCUT2D eigenvalue weighted by atomic mass is 9.88. The number of nitro groups is 1. The van der Waals surface area contributed by atoms with Gasteiger partial charge in [0.2, 0.25) is 11.8 Å². The number of nitrogens with zero attached hydrogens (tertiary/aromatic N) is 1. The van der Waals surface area contributed by atoms with Gasteiger partial charge < -0.3 is 10.6 Å². The van der Waals surface area contributed by atoms with E-state index in [0.717, 1.165) is 36.1 Å². The van der Waals surface area contributed by atoms with Crippen molar-refractivity contribution in [1.82, 2.24) is 0 Å². The van der Waals surface area contributed by atoms with Gasteiger partial charge in [0.1, 0.15) is 5.25 Å². The van der Waals surface area contributed by atoms with E-state index in [2.05, 4.69) is 10.6 Å². The number of amides is 2. The maximum Gasteiger partial charge on any atom is 0.269 e. The van der Waals surface area contributed by atoms with E-state index in [-0.39, 0.29) is 23.4 Å². The van der Waals surface area contributed by atoms with Gasteiger partial charge >= 0.3 is 0 Å². The number of nitro benzene ring substituents is 1. The van der Waals surface area contributed by atoms with E-state index < -0.39 is 10.2 Å². The highest BCUT2D eigenvalue weighted by Crippen LogP contribution is 2.37. The summed E-state index contributed by atoms with van der Waals surface area (Å²) in [6, 6.07) is 22.7. The van der Waals surface area contributed by atoms with Gasteiger partial charge in [0.25, 0.3) is 5.69 Å². The Morgan fingerprint density at radius 3 is 2.26 bits per heavy atom. The Morgan fingerprint density at radius 1 is 0.857 bits per heavy atom. The van der Waals surface area contributed by atoms with Gasteiger partial charge in [-0.15, -0.1) is 11.8 Å². The largest absolute Gasteiger partial charge is 0.326 e. The Hall–Kier alpha value is -3.65. The first kappa shape index (κ1) is 24.5. The number of rotatable bonds is 8. The van der Waals surface area contributed by atoms with Crippen molar-refractivity contribution in [3.8, 4) is 0 Å². The topological polar surface area (TPSA) is 101 Å². The fraction of sp³-hybridized carbons (Fsp3) is 0.259. The number of nitrogens with one attached hydrogen (secondary N) is 2. The summed E-state index contributed by atoms with van der Waals surface area (Å²) in [6.07, 6.45) is 5.24. The molecule has 0 bridgehead atoms. The molecule has 35 heavy (non-hydrogen) atoms. The molecule has 1 unspecified atom stereocenters. The van der Waals surface area contributed by atoms with E-state index >= 15 is 0 Å². The van der Waals surface area contributed by atoms with Gasteiger partial charge in [-0.05, 0) is 48.7 Å². The van der Waals surface area contributed by atoms with Gasteiger partial charge in [-0.2, -0.15) is 0 Å². The van der Waals surface area contributed by atoms with Crippen molar-refractivity contribution in [3.63, 3.8) is 0 Å². The van der Waals surface area contributed by atoms with Gasteiger partial charge in [-0.3, -0.25) is 19.7 Å². The first-order chi connectivity index (χ1) is 17.0. The van der Waals surface area contributed by atoms with Crippen molar-refractivity contribution in [1.29, 1.82) is 0 Å². The number of anilines is 2. The monoisotopic (exact) mass is 489 g/mol. The number of thioether (sulfide) groups is 1. The number of benzene rings is 3. The second-order valence-electron chi connectivity index (χ2n) is 8.55. The maximum atomic E-state index is 13.3. The lowest BCUT2D eigenvalue weighted by Gasteiger charge is -2.21. The van der Waals surface area contributed by atoms with Crippen LogP contribution in [0.15, 0.2) is 83.8 Å². The molecule has 1 aliphatic carbocycles. The number of hydrogen-bond donors (Lipinski definition) is 2. The molecule has 0 aliphatic heterocycles. The summed E-state index contributed by atoms with van der Waals surface area (Å²) in [5, 5.41) is 16.2. The molecule has 1 atom stereocenters. The molecule has 8 heteroatoms. The van der Waals surface area contributed by atoms with Crippen LogP contribution in [0, 0.1) is 16.0 Å². The highest BCUT2D eigenvalue weighted by molar-refractivity contribution is 8.00. The molecule has 7 nitrogen and oxygen atoms in total. The summed E-state index contributed by atoms with van der Waals surface area (Å²) in [6.45, 7) is 0. The van der Waals surface area contributed by atoms with Gasteiger partial charge in [0.15, 0.2) is 0 Å². The molecule has 2 N–H and O–H groups in total. The van der Waals surface area contributed by atoms with Crippen molar-refractivity contribution in [2.24, 2.45) is 5.92 Å². The van der Waals surface area contributed by atoms with Crippen molar-refractivity contribution >= 4 is 40.6 Å². The van der Waals surface area contributed by atoms with Crippen LogP contribution in [0.25, 0.3) is 0 Å². The van der Waals surface area contributed by atoms with Gasteiger partial charge in [-0.25, -0.2) is 0 Å². The van der Waals surface area contributed by atoms with Crippen molar-refractivity contribution < 1.29 is 14.5 Å². The van der Waals surface area contributed by atoms with Crippen LogP contribution in [0.4, 0.5) is 17.1 Å². The summed E-state index contributed by atoms with van der Waals surface area (Å²) < 4.78 is 0. The lowest BCUT2D eigenvalue weighted by molar-refractivity contribution is -0.384. The predicted octanol–water partition coefficient (Wildman–Crippen LogP) is 6.59. The molecule has 0 radical (unpaired) electrons. The summed E-state index contributed by atoms with van der Waals surface area (Å²) in [5.74, 6) is -0.126. The van der Waals surface area contributed by atoms with Crippen LogP contribution >= 0.6 is 11.8 Å². The fourth-order valence-electron chi connectivity index (χ4n) is 4.17. The molecule has 0 spiro atoms. The minimum absolute atomic E-state index is 0.0379. The van der Waals surface area contributed by atoms with E-state index in [4.69, 9.17) is 0 Å². The summed E-state index contributed by atoms with van der Waals surface area (Å²) in [5.41, 5.74) is 1.99. The van der Waals surface area contributed by atoms with E-state index in [9.17, 15) is 19.7 Å². The Balaban J connectivity index is 1.49. The quantitative estimate of drug-likeness (QED) is 0.211. The van der Waals surface area contributed by atoms with Crippen LogP contribution in [0.1, 0.15) is 42.9 Å². The molecule has 1 saturated carbocycles. The SMILES string of the molecule is O=C(Nc1cccc(SC(C(=O)Nc2ccc([N+](=O)[O-])cc2)c2ccccc2)c1)C1CCCCC1. The summed E-state index contributed by atoms with van der Waals surface area (Å²) in [7, 11) is 0. The molecule has 2 amide bonds. The van der Waals surface area contributed by atoms with Crippen molar-refractivity contribution in [2.45, 2.75) is 42.2 Å². The van der Waals surface area contributed by atoms with Crippen LogP contribution in [0.3, 0.4) is 0 Å². The van der Waals surface area contributed by atoms with E-state index in [0.29, 0.717) is 11.4 Å². The molecule has 0 heterocycles. The Kier molecular flexibility index (Phi) is 8.15. The molecule has 1 aliphatic rings. The van der Waals surface area contributed by atoms with Crippen LogP contribution in [-0.4, -0.2) is 16.7 Å². The van der Waals surface area contributed by atoms with Gasteiger partial charge in [0.05, 0.1) is 4.92 Å². The molecular formula is C27H27N3O4S. The minimum Gasteiger partial charge on any atom is -0.326 e. The third-order valence-corrected chi connectivity index (χ3v) is 7.27. The number of carbonyl (C=O) groups excluding carboxylic acids is 2. The van der Waals surface area contributed by atoms with Crippen molar-refractivity contribution in [2.75, 3.05) is 10.6 Å². The third-order valence-electron chi connectivity index (χ3n) is 6.02. The Morgan fingerprint density at radius 2 is 1.57 bits per heavy atom. The molecule has 1 fully saturated rings. The zero-order valence-corrected chi connectivity index (χ0v) is 20.0. The van der Waals surface area contributed by atoms with E-state index in [1.807, 2.05) is 54.6 Å². The highest BCUT2D eigenvalue weighted by atomic mass is 32.2. The third kappa shape index (κ3) is 6.70. The Bertz CT molecular complexity index is 1180. The lowest BCUT2D eigenvalue weighted by Crippen LogP contribution is -2.24. The van der Waals surface area contributed by atoms with Gasteiger partial charge in [0, 0.05) is 34.3 Å². The highest BCUT2D eigenvalue weighted by Gasteiger charge is 2.24. The maximum absolute atomic E-state index is 13.3. The van der Waals surface area contributed by atoms with Crippen LogP contribution < -0.4 is 10.6 Å². The zero-order chi connectivity index (χ0) is 24.6. The molecular weight excluding hydrogens is 462 g/mol. The van der Waals surface area contributed by atoms with E-state index in [1.54, 1.807) is 0 Å². The standard InChI is InChI=1S/C27H27N3O4S/c31-26(20-10-5-2-6-11-20)29-22-12-7-13-24(18-22)35-25(19-8-3-1-4-9-19)27(32)28-21-14-16-23(17-15-21)30(33)34/h1,3-4,7-9,12-18,20,25H,2,5-6,10-11H2,(H,28,32)(H,29,31). The number of non-ortho nitro benzene ring substituents is 1. The smallest absolute Gasteiger partial charge is 0.269 e. The average Bonchev–Trinajstić information content (AvgIpc) is 2.89. The second kappa shape index (κ2) is 11.7. The molecule has 180 valence electrons. The summed E-state index contributed by atoms with van der Waals surface area (Å²) in [4.78, 5) is 37.2. The summed E-state index contributed by atoms with van der Waals surface area (Å²) >= 11 is 1.38. The average molecular weight is 490 g/mol. The fourth-order valence-corrected chi connectivity index (χ4v) is 5.25.